The third-order valence-corrected chi connectivity index (χ3v) is 3.18. The maximum absolute atomic E-state index is 13.3. The van der Waals surface area contributed by atoms with E-state index in [0.717, 1.165) is 23.5 Å². The zero-order chi connectivity index (χ0) is 14.3. The predicted octanol–water partition coefficient (Wildman–Crippen LogP) is 3.14. The average molecular weight is 274 g/mol. The van der Waals surface area contributed by atoms with Crippen LogP contribution in [0.2, 0.25) is 0 Å². The summed E-state index contributed by atoms with van der Waals surface area (Å²) in [6.45, 7) is 0.857. The van der Waals surface area contributed by atoms with E-state index in [4.69, 9.17) is 0 Å². The lowest BCUT2D eigenvalue weighted by molar-refractivity contribution is 0.0171. The number of aromatic nitrogens is 4. The van der Waals surface area contributed by atoms with Crippen molar-refractivity contribution in [3.8, 4) is 11.1 Å². The Bertz CT molecular complexity index is 774. The molecule has 0 spiro atoms. The van der Waals surface area contributed by atoms with Crippen molar-refractivity contribution in [3.63, 3.8) is 0 Å². The topological polar surface area (TPSA) is 43.6 Å². The number of nitrogens with zero attached hydrogens (tertiary/aromatic N) is 4. The lowest BCUT2D eigenvalue weighted by Crippen LogP contribution is -2.07. The Morgan fingerprint density at radius 1 is 1.05 bits per heavy atom. The van der Waals surface area contributed by atoms with Crippen molar-refractivity contribution in [2.24, 2.45) is 7.05 Å². The number of fused-ring (bicyclic) bond motifs is 1. The predicted molar refractivity (Wildman–Crippen MR) is 71.3 cm³/mol. The molecule has 0 unspecified atom stereocenters. The smallest absolute Gasteiger partial charge is 0.266 e. The standard InChI is InChI=1S/C14H12F2N4/c1-14(15,16)11-3-9(5-17-7-11)10-4-13-12(18-6-10)8-19-20(13)2/h3-8H,1-2H3. The first-order valence-corrected chi connectivity index (χ1v) is 6.06. The molecule has 0 bridgehead atoms. The number of aryl methyl sites for hydroxylation is 1. The van der Waals surface area contributed by atoms with Gasteiger partial charge in [-0.2, -0.15) is 5.10 Å². The van der Waals surface area contributed by atoms with Crippen molar-refractivity contribution in [2.45, 2.75) is 12.8 Å². The maximum Gasteiger partial charge on any atom is 0.272 e. The lowest BCUT2D eigenvalue weighted by Gasteiger charge is -2.11. The van der Waals surface area contributed by atoms with Crippen LogP contribution in [0.25, 0.3) is 22.2 Å². The van der Waals surface area contributed by atoms with E-state index in [1.54, 1.807) is 23.3 Å². The van der Waals surface area contributed by atoms with Gasteiger partial charge in [-0.3, -0.25) is 14.6 Å². The Hall–Kier alpha value is -2.37. The molecule has 0 N–H and O–H groups in total. The van der Waals surface area contributed by atoms with Crippen LogP contribution in [0.15, 0.2) is 36.9 Å². The molecule has 0 aliphatic carbocycles. The van der Waals surface area contributed by atoms with Crippen LogP contribution in [0.1, 0.15) is 12.5 Å². The molecule has 0 saturated carbocycles. The molecule has 0 saturated heterocycles. The Morgan fingerprint density at radius 3 is 2.55 bits per heavy atom. The summed E-state index contributed by atoms with van der Waals surface area (Å²) < 4.78 is 28.4. The maximum atomic E-state index is 13.3. The quantitative estimate of drug-likeness (QED) is 0.721. The number of hydrogen-bond donors (Lipinski definition) is 0. The Balaban J connectivity index is 2.13. The molecule has 3 aromatic rings. The SMILES string of the molecule is Cn1ncc2ncc(-c3cncc(C(C)(F)F)c3)cc21. The van der Waals surface area contributed by atoms with Gasteiger partial charge in [-0.05, 0) is 12.1 Å². The monoisotopic (exact) mass is 274 g/mol. The van der Waals surface area contributed by atoms with Gasteiger partial charge >= 0.3 is 0 Å². The normalized spacial score (nSPS) is 12.0. The molecule has 4 nitrogen and oxygen atoms in total. The zero-order valence-corrected chi connectivity index (χ0v) is 11.0. The number of halogens is 2. The summed E-state index contributed by atoms with van der Waals surface area (Å²) in [6, 6.07) is 3.30. The summed E-state index contributed by atoms with van der Waals surface area (Å²) in [5.41, 5.74) is 2.84. The largest absolute Gasteiger partial charge is 0.272 e. The fraction of sp³-hybridized carbons (Fsp3) is 0.214. The molecule has 3 rings (SSSR count). The lowest BCUT2D eigenvalue weighted by atomic mass is 10.1. The van der Waals surface area contributed by atoms with Crippen LogP contribution in [-0.4, -0.2) is 19.7 Å². The van der Waals surface area contributed by atoms with Gasteiger partial charge in [-0.1, -0.05) is 0 Å². The molecule has 0 atom stereocenters. The average Bonchev–Trinajstić information content (AvgIpc) is 2.79. The summed E-state index contributed by atoms with van der Waals surface area (Å²) in [4.78, 5) is 8.16. The highest BCUT2D eigenvalue weighted by molar-refractivity contribution is 5.80. The molecule has 3 heterocycles. The molecule has 0 aliphatic heterocycles. The van der Waals surface area contributed by atoms with Crippen molar-refractivity contribution >= 4 is 11.0 Å². The molecule has 0 aromatic carbocycles. The molecule has 0 aliphatic rings. The van der Waals surface area contributed by atoms with Crippen LogP contribution in [0.5, 0.6) is 0 Å². The van der Waals surface area contributed by atoms with Gasteiger partial charge in [0.15, 0.2) is 0 Å². The fourth-order valence-corrected chi connectivity index (χ4v) is 2.02. The van der Waals surface area contributed by atoms with Gasteiger partial charge in [0.25, 0.3) is 5.92 Å². The summed E-state index contributed by atoms with van der Waals surface area (Å²) in [5.74, 6) is -2.91. The summed E-state index contributed by atoms with van der Waals surface area (Å²) in [6.07, 6.45) is 6.03. The van der Waals surface area contributed by atoms with Crippen LogP contribution in [0, 0.1) is 0 Å². The third-order valence-electron chi connectivity index (χ3n) is 3.18. The van der Waals surface area contributed by atoms with Crippen molar-refractivity contribution in [1.29, 1.82) is 0 Å². The molecule has 102 valence electrons. The van der Waals surface area contributed by atoms with Gasteiger partial charge in [0.1, 0.15) is 5.52 Å². The van der Waals surface area contributed by atoms with E-state index in [-0.39, 0.29) is 5.56 Å². The first kappa shape index (κ1) is 12.7. The summed E-state index contributed by atoms with van der Waals surface area (Å²) in [5, 5.41) is 4.11. The third kappa shape index (κ3) is 2.13. The van der Waals surface area contributed by atoms with Gasteiger partial charge < -0.3 is 0 Å². The van der Waals surface area contributed by atoms with Crippen molar-refractivity contribution in [1.82, 2.24) is 19.7 Å². The van der Waals surface area contributed by atoms with E-state index in [0.29, 0.717) is 5.56 Å². The number of rotatable bonds is 2. The van der Waals surface area contributed by atoms with Crippen LogP contribution in [-0.2, 0) is 13.0 Å². The van der Waals surface area contributed by atoms with E-state index in [1.165, 1.54) is 12.3 Å². The molecular formula is C14H12F2N4. The van der Waals surface area contributed by atoms with E-state index in [9.17, 15) is 8.78 Å². The minimum Gasteiger partial charge on any atom is -0.266 e. The molecular weight excluding hydrogens is 262 g/mol. The van der Waals surface area contributed by atoms with Gasteiger partial charge in [-0.25, -0.2) is 8.78 Å². The first-order valence-electron chi connectivity index (χ1n) is 6.06. The van der Waals surface area contributed by atoms with Crippen molar-refractivity contribution in [2.75, 3.05) is 0 Å². The van der Waals surface area contributed by atoms with Crippen LogP contribution < -0.4 is 0 Å². The van der Waals surface area contributed by atoms with Crippen LogP contribution in [0.3, 0.4) is 0 Å². The fourth-order valence-electron chi connectivity index (χ4n) is 2.02. The van der Waals surface area contributed by atoms with Gasteiger partial charge in [0.2, 0.25) is 0 Å². The van der Waals surface area contributed by atoms with Crippen molar-refractivity contribution < 1.29 is 8.78 Å². The second kappa shape index (κ2) is 4.33. The number of alkyl halides is 2. The number of pyridine rings is 2. The second-order valence-corrected chi connectivity index (χ2v) is 4.75. The van der Waals surface area contributed by atoms with E-state index in [2.05, 4.69) is 15.1 Å². The van der Waals surface area contributed by atoms with Crippen LogP contribution in [0.4, 0.5) is 8.78 Å². The molecule has 3 aromatic heterocycles. The molecule has 0 fully saturated rings. The van der Waals surface area contributed by atoms with E-state index in [1.807, 2.05) is 13.1 Å². The van der Waals surface area contributed by atoms with E-state index < -0.39 is 5.92 Å². The van der Waals surface area contributed by atoms with E-state index >= 15 is 0 Å². The number of hydrogen-bond acceptors (Lipinski definition) is 3. The molecule has 0 radical (unpaired) electrons. The Morgan fingerprint density at radius 2 is 1.80 bits per heavy atom. The minimum atomic E-state index is -2.91. The summed E-state index contributed by atoms with van der Waals surface area (Å²) in [7, 11) is 1.81. The van der Waals surface area contributed by atoms with Gasteiger partial charge in [0, 0.05) is 49.3 Å². The van der Waals surface area contributed by atoms with Gasteiger partial charge in [0.05, 0.1) is 11.7 Å². The molecule has 6 heteroatoms. The zero-order valence-electron chi connectivity index (χ0n) is 11.0. The highest BCUT2D eigenvalue weighted by Crippen LogP contribution is 2.30. The molecule has 0 amide bonds. The van der Waals surface area contributed by atoms with Gasteiger partial charge in [-0.15, -0.1) is 0 Å². The highest BCUT2D eigenvalue weighted by atomic mass is 19.3. The Labute approximate surface area is 114 Å². The van der Waals surface area contributed by atoms with Crippen molar-refractivity contribution in [3.05, 3.63) is 42.5 Å². The Kier molecular flexibility index (Phi) is 2.74. The minimum absolute atomic E-state index is 0.111. The second-order valence-electron chi connectivity index (χ2n) is 4.75. The highest BCUT2D eigenvalue weighted by Gasteiger charge is 2.25. The van der Waals surface area contributed by atoms with Crippen LogP contribution >= 0.6 is 0 Å². The molecule has 20 heavy (non-hydrogen) atoms. The first-order chi connectivity index (χ1) is 9.45. The summed E-state index contributed by atoms with van der Waals surface area (Å²) >= 11 is 0.